The minimum absolute atomic E-state index is 0. The average Bonchev–Trinajstić information content (AvgIpc) is 2.25. The van der Waals surface area contributed by atoms with Crippen LogP contribution in [0.2, 0.25) is 0 Å². The summed E-state index contributed by atoms with van der Waals surface area (Å²) in [6.45, 7) is 3.52. The highest BCUT2D eigenvalue weighted by atomic mass is 24.3. The number of ether oxygens (including phenoxy) is 1. The molecule has 5 heteroatoms. The van der Waals surface area contributed by atoms with Gasteiger partial charge in [-0.15, -0.1) is 0 Å². The van der Waals surface area contributed by atoms with E-state index in [2.05, 4.69) is 11.7 Å². The van der Waals surface area contributed by atoms with Crippen LogP contribution in [0.25, 0.3) is 0 Å². The summed E-state index contributed by atoms with van der Waals surface area (Å²) in [5, 5.41) is 8.51. The minimum atomic E-state index is -1.07. The van der Waals surface area contributed by atoms with Crippen LogP contribution in [-0.4, -0.2) is 40.1 Å². The molecule has 0 heterocycles. The third-order valence-corrected chi connectivity index (χ3v) is 2.19. The van der Waals surface area contributed by atoms with Crippen molar-refractivity contribution in [2.75, 3.05) is 0 Å². The highest BCUT2D eigenvalue weighted by Gasteiger charge is 2.04. The molecule has 0 spiro atoms. The van der Waals surface area contributed by atoms with Gasteiger partial charge in [0.15, 0.2) is 0 Å². The summed E-state index contributed by atoms with van der Waals surface area (Å²) in [5.74, 6) is -1.44. The molecule has 0 aromatic carbocycles. The fourth-order valence-electron chi connectivity index (χ4n) is 1.14. The van der Waals surface area contributed by atoms with E-state index in [1.54, 1.807) is 0 Å². The van der Waals surface area contributed by atoms with E-state index in [-0.39, 0.29) is 34.6 Å². The Morgan fingerprint density at radius 2 is 1.76 bits per heavy atom. The fraction of sp³-hybridized carbons (Fsp3) is 0.667. The number of carbonyl (C=O) groups is 2. The third-order valence-electron chi connectivity index (χ3n) is 2.19. The van der Waals surface area contributed by atoms with Crippen molar-refractivity contribution in [2.24, 2.45) is 0 Å². The zero-order chi connectivity index (χ0) is 12.4. The van der Waals surface area contributed by atoms with Crippen molar-refractivity contribution >= 4 is 35.0 Å². The molecule has 0 rings (SSSR count). The first-order valence-electron chi connectivity index (χ1n) is 5.67. The Morgan fingerprint density at radius 1 is 1.18 bits per heavy atom. The second kappa shape index (κ2) is 11.9. The number of hydrogen-bond donors (Lipinski definition) is 1. The van der Waals surface area contributed by atoms with Gasteiger partial charge in [-0.05, 0) is 13.3 Å². The van der Waals surface area contributed by atoms with Crippen LogP contribution >= 0.6 is 0 Å². The van der Waals surface area contributed by atoms with E-state index in [4.69, 9.17) is 5.11 Å². The Bertz CT molecular complexity index is 261. The van der Waals surface area contributed by atoms with Crippen molar-refractivity contribution < 1.29 is 19.4 Å². The maximum absolute atomic E-state index is 11.1. The van der Waals surface area contributed by atoms with Gasteiger partial charge in [0, 0.05) is 6.42 Å². The van der Waals surface area contributed by atoms with Crippen LogP contribution < -0.4 is 0 Å². The molecule has 0 fully saturated rings. The number of aliphatic carboxylic acids is 1. The Labute approximate surface area is 119 Å². The molecule has 0 aliphatic carbocycles. The van der Waals surface area contributed by atoms with Crippen LogP contribution in [0.3, 0.4) is 0 Å². The largest absolute Gasteiger partial charge is 0.478 e. The van der Waals surface area contributed by atoms with Gasteiger partial charge < -0.3 is 9.84 Å². The van der Waals surface area contributed by atoms with E-state index in [0.717, 1.165) is 25.5 Å². The second-order valence-corrected chi connectivity index (χ2v) is 3.76. The Morgan fingerprint density at radius 3 is 2.29 bits per heavy atom. The molecule has 0 unspecified atom stereocenters. The van der Waals surface area contributed by atoms with E-state index in [1.807, 2.05) is 0 Å². The smallest absolute Gasteiger partial charge is 0.334 e. The lowest BCUT2D eigenvalue weighted by Crippen LogP contribution is -2.02. The molecule has 0 amide bonds. The van der Waals surface area contributed by atoms with Crippen LogP contribution in [0.15, 0.2) is 11.8 Å². The van der Waals surface area contributed by atoms with Crippen LogP contribution in [-0.2, 0) is 14.3 Å². The molecule has 1 N–H and O–H groups in total. The van der Waals surface area contributed by atoms with Crippen molar-refractivity contribution in [1.29, 1.82) is 0 Å². The molecule has 0 atom stereocenters. The molecular weight excluding hydrogens is 232 g/mol. The number of rotatable bonds is 8. The maximum Gasteiger partial charge on any atom is 0.334 e. The van der Waals surface area contributed by atoms with Crippen molar-refractivity contribution in [3.63, 3.8) is 0 Å². The fourth-order valence-corrected chi connectivity index (χ4v) is 1.14. The van der Waals surface area contributed by atoms with Gasteiger partial charge in [0.05, 0.1) is 5.57 Å². The van der Waals surface area contributed by atoms with Gasteiger partial charge in [-0.25, -0.2) is 4.79 Å². The van der Waals surface area contributed by atoms with Gasteiger partial charge in [-0.2, -0.15) is 0 Å². The highest BCUT2D eigenvalue weighted by Crippen LogP contribution is 2.06. The van der Waals surface area contributed by atoms with Crippen LogP contribution in [0.4, 0.5) is 0 Å². The first-order valence-corrected chi connectivity index (χ1v) is 5.67. The molecule has 96 valence electrons. The van der Waals surface area contributed by atoms with Crippen LogP contribution in [0.5, 0.6) is 0 Å². The third kappa shape index (κ3) is 11.7. The molecular formula is C12H22MgO4. The summed E-state index contributed by atoms with van der Waals surface area (Å²) in [6, 6.07) is 0. The molecule has 0 aromatic rings. The van der Waals surface area contributed by atoms with E-state index < -0.39 is 5.97 Å². The van der Waals surface area contributed by atoms with Gasteiger partial charge in [0.25, 0.3) is 0 Å². The Balaban J connectivity index is 0. The van der Waals surface area contributed by atoms with E-state index in [1.165, 1.54) is 19.8 Å². The molecule has 0 aliphatic heterocycles. The number of hydrogen-bond acceptors (Lipinski definition) is 3. The SMILES string of the molecule is CCCCCCCC(=O)OC=C(C)C(=O)O.[MgH2]. The normalized spacial score (nSPS) is 10.6. The van der Waals surface area contributed by atoms with Gasteiger partial charge >= 0.3 is 35.0 Å². The van der Waals surface area contributed by atoms with Crippen LogP contribution in [0.1, 0.15) is 52.4 Å². The highest BCUT2D eigenvalue weighted by molar-refractivity contribution is 5.85. The van der Waals surface area contributed by atoms with Gasteiger partial charge in [0.2, 0.25) is 0 Å². The minimum Gasteiger partial charge on any atom is -0.478 e. The zero-order valence-electron chi connectivity index (χ0n) is 9.99. The monoisotopic (exact) mass is 254 g/mol. The lowest BCUT2D eigenvalue weighted by Gasteiger charge is -2.00. The Hall–Kier alpha value is -0.554. The first-order chi connectivity index (χ1) is 7.57. The summed E-state index contributed by atoms with van der Waals surface area (Å²) < 4.78 is 4.69. The second-order valence-electron chi connectivity index (χ2n) is 3.76. The molecule has 4 nitrogen and oxygen atoms in total. The van der Waals surface area contributed by atoms with Gasteiger partial charge in [-0.3, -0.25) is 4.79 Å². The maximum atomic E-state index is 11.1. The molecule has 0 aromatic heterocycles. The van der Waals surface area contributed by atoms with Crippen molar-refractivity contribution in [3.05, 3.63) is 11.8 Å². The first kappa shape index (κ1) is 18.8. The quantitative estimate of drug-likeness (QED) is 0.236. The molecule has 0 radical (unpaired) electrons. The van der Waals surface area contributed by atoms with Crippen molar-refractivity contribution in [3.8, 4) is 0 Å². The summed E-state index contributed by atoms with van der Waals surface area (Å²) >= 11 is 0. The summed E-state index contributed by atoms with van der Waals surface area (Å²) in [5.41, 5.74) is 0.0272. The molecule has 0 aliphatic rings. The van der Waals surface area contributed by atoms with E-state index in [0.29, 0.717) is 6.42 Å². The molecule has 17 heavy (non-hydrogen) atoms. The standard InChI is InChI=1S/C12H20O4.Mg.2H/c1-3-4-5-6-7-8-11(13)16-9-10(2)12(14)15;;;/h9H,3-8H2,1-2H3,(H,14,15);;;. The van der Waals surface area contributed by atoms with Crippen molar-refractivity contribution in [2.45, 2.75) is 52.4 Å². The van der Waals surface area contributed by atoms with Gasteiger partial charge in [-0.1, -0.05) is 32.6 Å². The number of carboxylic acid groups (broad SMARTS) is 1. The lowest BCUT2D eigenvalue weighted by molar-refractivity contribution is -0.138. The predicted molar refractivity (Wildman–Crippen MR) is 69.4 cm³/mol. The average molecular weight is 255 g/mol. The summed E-state index contributed by atoms with van der Waals surface area (Å²) in [4.78, 5) is 21.5. The Kier molecular flexibility index (Phi) is 13.2. The van der Waals surface area contributed by atoms with Crippen molar-refractivity contribution in [1.82, 2.24) is 0 Å². The summed E-state index contributed by atoms with van der Waals surface area (Å²) in [7, 11) is 0. The number of esters is 1. The summed E-state index contributed by atoms with van der Waals surface area (Å²) in [6.07, 6.45) is 6.67. The number of carbonyl (C=O) groups excluding carboxylic acids is 1. The van der Waals surface area contributed by atoms with E-state index in [9.17, 15) is 9.59 Å². The predicted octanol–water partition coefficient (Wildman–Crippen LogP) is 1.96. The topological polar surface area (TPSA) is 63.6 Å². The van der Waals surface area contributed by atoms with Gasteiger partial charge in [0.1, 0.15) is 6.26 Å². The molecule has 0 bridgehead atoms. The zero-order valence-corrected chi connectivity index (χ0v) is 9.99. The lowest BCUT2D eigenvalue weighted by atomic mass is 10.1. The molecule has 0 saturated carbocycles. The number of unbranched alkanes of at least 4 members (excludes halogenated alkanes) is 4. The molecule has 0 saturated heterocycles. The number of carboxylic acids is 1. The van der Waals surface area contributed by atoms with Crippen LogP contribution in [0, 0.1) is 0 Å². The van der Waals surface area contributed by atoms with E-state index >= 15 is 0 Å².